The van der Waals surface area contributed by atoms with Crippen molar-refractivity contribution in [2.24, 2.45) is 0 Å². The molecule has 1 fully saturated rings. The predicted molar refractivity (Wildman–Crippen MR) is 149 cm³/mol. The van der Waals surface area contributed by atoms with Crippen LogP contribution < -0.4 is 9.64 Å². The van der Waals surface area contributed by atoms with Crippen LogP contribution in [0, 0.1) is 18.6 Å². The molecule has 1 unspecified atom stereocenters. The molecule has 4 aromatic rings. The van der Waals surface area contributed by atoms with Crippen LogP contribution in [0.1, 0.15) is 55.9 Å². The highest BCUT2D eigenvalue weighted by atomic mass is 19.1. The van der Waals surface area contributed by atoms with E-state index in [1.807, 2.05) is 0 Å². The van der Waals surface area contributed by atoms with Crippen LogP contribution in [0.4, 0.5) is 14.5 Å². The lowest BCUT2D eigenvalue weighted by molar-refractivity contribution is -0.127. The summed E-state index contributed by atoms with van der Waals surface area (Å²) in [6.07, 6.45) is 5.14. The van der Waals surface area contributed by atoms with Gasteiger partial charge in [0.05, 0.1) is 23.6 Å². The van der Waals surface area contributed by atoms with Crippen molar-refractivity contribution in [3.8, 4) is 16.9 Å². The van der Waals surface area contributed by atoms with E-state index in [0.717, 1.165) is 0 Å². The maximum Gasteiger partial charge on any atom is 0.265 e. The Kier molecular flexibility index (Phi) is 6.68. The van der Waals surface area contributed by atoms with Crippen molar-refractivity contribution < 1.29 is 28.2 Å². The molecule has 1 saturated heterocycles. The average molecular weight is 577 g/mol. The van der Waals surface area contributed by atoms with Crippen LogP contribution in [-0.2, 0) is 21.7 Å². The number of hydrogen-bond acceptors (Lipinski definition) is 7. The van der Waals surface area contributed by atoms with Crippen LogP contribution in [0.5, 0.6) is 5.75 Å². The second kappa shape index (κ2) is 10.1. The molecule has 2 aliphatic rings. The van der Waals surface area contributed by atoms with E-state index in [4.69, 9.17) is 4.74 Å². The number of anilines is 1. The summed E-state index contributed by atoms with van der Waals surface area (Å²) < 4.78 is 37.7. The number of rotatable bonds is 5. The number of carbonyl (C=O) groups excluding carboxylic acids is 2. The van der Waals surface area contributed by atoms with Gasteiger partial charge in [0.2, 0.25) is 5.91 Å². The Morgan fingerprint density at radius 2 is 1.90 bits per heavy atom. The molecule has 12 heteroatoms. The van der Waals surface area contributed by atoms with Crippen LogP contribution in [0.15, 0.2) is 36.8 Å². The first-order chi connectivity index (χ1) is 19.9. The number of nitrogens with zero attached hydrogens (tertiary/aromatic N) is 6. The molecule has 1 atom stereocenters. The summed E-state index contributed by atoms with van der Waals surface area (Å²) >= 11 is 0. The summed E-state index contributed by atoms with van der Waals surface area (Å²) in [5.74, 6) is -1.38. The first-order valence-corrected chi connectivity index (χ1v) is 13.6. The number of likely N-dealkylation sites (tertiary alicyclic amines) is 1. The largest absolute Gasteiger partial charge is 0.478 e. The number of halogens is 2. The van der Waals surface area contributed by atoms with Crippen LogP contribution in [-0.4, -0.2) is 60.9 Å². The summed E-state index contributed by atoms with van der Waals surface area (Å²) in [4.78, 5) is 41.1. The second-order valence-corrected chi connectivity index (χ2v) is 11.3. The van der Waals surface area contributed by atoms with E-state index < -0.39 is 17.2 Å². The molecule has 3 aromatic heterocycles. The third-order valence-electron chi connectivity index (χ3n) is 7.91. The minimum Gasteiger partial charge on any atom is -0.478 e. The minimum atomic E-state index is -1.25. The zero-order valence-corrected chi connectivity index (χ0v) is 23.7. The van der Waals surface area contributed by atoms with Crippen LogP contribution in [0.3, 0.4) is 0 Å². The number of ether oxygens (including phenoxy) is 1. The summed E-state index contributed by atoms with van der Waals surface area (Å²) in [5, 5.41) is 10.2. The number of pyridine rings is 1. The molecule has 0 bridgehead atoms. The molecule has 1 aromatic carbocycles. The van der Waals surface area contributed by atoms with E-state index in [2.05, 4.69) is 15.0 Å². The number of imidazole rings is 1. The molecule has 0 aliphatic carbocycles. The topological polar surface area (TPSA) is 113 Å². The van der Waals surface area contributed by atoms with E-state index in [1.54, 1.807) is 42.3 Å². The molecule has 42 heavy (non-hydrogen) atoms. The monoisotopic (exact) mass is 576 g/mol. The highest BCUT2D eigenvalue weighted by Gasteiger charge is 2.33. The van der Waals surface area contributed by atoms with Crippen molar-refractivity contribution in [1.29, 1.82) is 0 Å². The van der Waals surface area contributed by atoms with Gasteiger partial charge in [-0.1, -0.05) is 0 Å². The number of aromatic nitrogens is 4. The van der Waals surface area contributed by atoms with Gasteiger partial charge in [0, 0.05) is 61.7 Å². The van der Waals surface area contributed by atoms with Gasteiger partial charge in [-0.2, -0.15) is 0 Å². The molecule has 6 rings (SSSR count). The Balaban J connectivity index is 1.38. The smallest absolute Gasteiger partial charge is 0.265 e. The van der Waals surface area contributed by atoms with Gasteiger partial charge >= 0.3 is 0 Å². The van der Waals surface area contributed by atoms with Crippen LogP contribution in [0.2, 0.25) is 0 Å². The number of benzene rings is 1. The predicted octanol–water partition coefficient (Wildman–Crippen LogP) is 3.87. The number of hydrogen-bond donors (Lipinski definition) is 1. The molecule has 5 heterocycles. The molecule has 1 N–H and O–H groups in total. The second-order valence-electron chi connectivity index (χ2n) is 11.3. The number of carbonyl (C=O) groups is 2. The Labute approximate surface area is 240 Å². The molecule has 0 saturated carbocycles. The van der Waals surface area contributed by atoms with Gasteiger partial charge in [0.25, 0.3) is 5.91 Å². The summed E-state index contributed by atoms with van der Waals surface area (Å²) in [6.45, 7) is 7.16. The summed E-state index contributed by atoms with van der Waals surface area (Å²) in [6, 6.07) is 4.47. The Bertz CT molecular complexity index is 1730. The molecule has 0 spiro atoms. The van der Waals surface area contributed by atoms with Gasteiger partial charge in [-0.05, 0) is 44.9 Å². The number of aryl methyl sites for hydroxylation is 1. The number of fused-ring (bicyclic) bond motifs is 2. The average Bonchev–Trinajstić information content (AvgIpc) is 3.54. The highest BCUT2D eigenvalue weighted by molar-refractivity contribution is 5.98. The third kappa shape index (κ3) is 4.85. The lowest BCUT2D eigenvalue weighted by Crippen LogP contribution is -2.39. The van der Waals surface area contributed by atoms with E-state index >= 15 is 8.78 Å². The van der Waals surface area contributed by atoms with Gasteiger partial charge in [-0.3, -0.25) is 14.5 Å². The molecule has 10 nitrogen and oxygen atoms in total. The van der Waals surface area contributed by atoms with Crippen molar-refractivity contribution in [1.82, 2.24) is 24.3 Å². The number of amides is 2. The first kappa shape index (κ1) is 27.7. The van der Waals surface area contributed by atoms with Crippen molar-refractivity contribution in [2.45, 2.75) is 52.2 Å². The van der Waals surface area contributed by atoms with Crippen molar-refractivity contribution in [3.05, 3.63) is 71.2 Å². The molecule has 0 radical (unpaired) electrons. The molecule has 218 valence electrons. The van der Waals surface area contributed by atoms with Gasteiger partial charge in [0.1, 0.15) is 17.1 Å². The Morgan fingerprint density at radius 1 is 1.17 bits per heavy atom. The van der Waals surface area contributed by atoms with Crippen LogP contribution in [0.25, 0.3) is 16.8 Å². The van der Waals surface area contributed by atoms with Crippen molar-refractivity contribution >= 4 is 23.1 Å². The van der Waals surface area contributed by atoms with E-state index in [-0.39, 0.29) is 48.0 Å². The quantitative estimate of drug-likeness (QED) is 0.384. The first-order valence-electron chi connectivity index (χ1n) is 13.6. The fourth-order valence-electron chi connectivity index (χ4n) is 5.58. The van der Waals surface area contributed by atoms with Crippen molar-refractivity contribution in [3.63, 3.8) is 0 Å². The van der Waals surface area contributed by atoms with Gasteiger partial charge in [-0.25, -0.2) is 23.7 Å². The highest BCUT2D eigenvalue weighted by Crippen LogP contribution is 2.40. The zero-order valence-electron chi connectivity index (χ0n) is 23.7. The minimum absolute atomic E-state index is 0.0120. The standard InChI is InChI=1S/C30H30F2N6O4/c1-16-25(37-13-21(22(31)9-26(37)35-16)20-10-33-29(34-11-20)30(3,4)41)14-38-24-8-19(18-5-6-36(12-18)17(2)39)7-23(32)28(24)42-15-27(38)40/h7-11,13,18,41H,5-6,12,14-15H2,1-4H3. The zero-order chi connectivity index (χ0) is 29.9. The number of aliphatic hydroxyl groups is 1. The SMILES string of the molecule is CC(=O)N1CCC(c2cc(F)c3c(c2)N(Cc2c(C)nc4cc(F)c(-c5cnc(C(C)(C)O)nc5)cn24)C(=O)CO3)C1. The fourth-order valence-corrected chi connectivity index (χ4v) is 5.58. The molecular weight excluding hydrogens is 546 g/mol. The summed E-state index contributed by atoms with van der Waals surface area (Å²) in [7, 11) is 0. The lowest BCUT2D eigenvalue weighted by Gasteiger charge is -2.30. The van der Waals surface area contributed by atoms with Crippen molar-refractivity contribution in [2.75, 3.05) is 24.6 Å². The van der Waals surface area contributed by atoms with Gasteiger partial charge in [-0.15, -0.1) is 0 Å². The lowest BCUT2D eigenvalue weighted by atomic mass is 9.96. The Morgan fingerprint density at radius 3 is 2.57 bits per heavy atom. The van der Waals surface area contributed by atoms with E-state index in [1.165, 1.54) is 36.4 Å². The normalized spacial score (nSPS) is 17.1. The molecule has 2 aliphatic heterocycles. The molecular formula is C30H30F2N6O4. The fraction of sp³-hybridized carbons (Fsp3) is 0.367. The summed E-state index contributed by atoms with van der Waals surface area (Å²) in [5.41, 5.74) is 1.87. The molecule has 2 amide bonds. The third-order valence-corrected chi connectivity index (χ3v) is 7.91. The van der Waals surface area contributed by atoms with E-state index in [9.17, 15) is 14.7 Å². The van der Waals surface area contributed by atoms with E-state index in [0.29, 0.717) is 53.4 Å². The maximum atomic E-state index is 15.3. The maximum absolute atomic E-state index is 15.3. The van der Waals surface area contributed by atoms with Gasteiger partial charge < -0.3 is 19.1 Å². The van der Waals surface area contributed by atoms with Gasteiger partial charge in [0.15, 0.2) is 24.0 Å². The Hall–Kier alpha value is -4.45. The van der Waals surface area contributed by atoms with Crippen LogP contribution >= 0.6 is 0 Å².